The van der Waals surface area contributed by atoms with Crippen LogP contribution in [0.4, 0.5) is 0 Å². The van der Waals surface area contributed by atoms with Crippen molar-refractivity contribution in [1.82, 2.24) is 10.2 Å². The van der Waals surface area contributed by atoms with Crippen LogP contribution >= 0.6 is 0 Å². The van der Waals surface area contributed by atoms with Crippen molar-refractivity contribution in [2.24, 2.45) is 0 Å². The quantitative estimate of drug-likeness (QED) is 0.701. The van der Waals surface area contributed by atoms with Crippen LogP contribution in [0.5, 0.6) is 0 Å². The lowest BCUT2D eigenvalue weighted by Crippen LogP contribution is -1.77. The number of H-pyrrole nitrogens is 1. The van der Waals surface area contributed by atoms with E-state index in [0.29, 0.717) is 0 Å². The molecule has 1 rings (SSSR count). The molecule has 1 heterocycles. The minimum absolute atomic E-state index is 1.04. The van der Waals surface area contributed by atoms with Crippen LogP contribution in [0.15, 0.2) is 42.8 Å². The minimum atomic E-state index is 1.04. The SMILES string of the molecule is C=C(C)/C=C(\C=CC)c1cn[nH]c1. The first-order chi connectivity index (χ1) is 6.24. The van der Waals surface area contributed by atoms with Crippen LogP contribution in [0.25, 0.3) is 5.57 Å². The molecule has 13 heavy (non-hydrogen) atoms. The van der Waals surface area contributed by atoms with Crippen LogP contribution < -0.4 is 0 Å². The van der Waals surface area contributed by atoms with Crippen molar-refractivity contribution in [1.29, 1.82) is 0 Å². The standard InChI is InChI=1S/C11H14N2/c1-4-5-10(6-9(2)3)11-7-12-13-8-11/h4-8H,2H2,1,3H3,(H,12,13)/b5-4?,10-6+. The van der Waals surface area contributed by atoms with Crippen LogP contribution in [-0.2, 0) is 0 Å². The van der Waals surface area contributed by atoms with Gasteiger partial charge in [0, 0.05) is 11.8 Å². The summed E-state index contributed by atoms with van der Waals surface area (Å²) in [6, 6.07) is 0. The third-order valence-corrected chi connectivity index (χ3v) is 1.58. The highest BCUT2D eigenvalue weighted by Crippen LogP contribution is 2.15. The maximum absolute atomic E-state index is 3.90. The molecular weight excluding hydrogens is 160 g/mol. The van der Waals surface area contributed by atoms with Gasteiger partial charge in [0.05, 0.1) is 6.20 Å². The van der Waals surface area contributed by atoms with Gasteiger partial charge in [-0.1, -0.05) is 30.4 Å². The molecule has 1 N–H and O–H groups in total. The summed E-state index contributed by atoms with van der Waals surface area (Å²) in [5.41, 5.74) is 3.25. The van der Waals surface area contributed by atoms with Gasteiger partial charge in [0.2, 0.25) is 0 Å². The van der Waals surface area contributed by atoms with Gasteiger partial charge >= 0.3 is 0 Å². The van der Waals surface area contributed by atoms with Crippen LogP contribution in [0.1, 0.15) is 19.4 Å². The van der Waals surface area contributed by atoms with Crippen LogP contribution in [0, 0.1) is 0 Å². The molecule has 0 aliphatic heterocycles. The number of aromatic nitrogens is 2. The topological polar surface area (TPSA) is 28.7 Å². The maximum atomic E-state index is 3.90. The monoisotopic (exact) mass is 174 g/mol. The van der Waals surface area contributed by atoms with Crippen LogP contribution in [-0.4, -0.2) is 10.2 Å². The van der Waals surface area contributed by atoms with E-state index in [1.807, 2.05) is 38.3 Å². The Morgan fingerprint density at radius 3 is 2.85 bits per heavy atom. The van der Waals surface area contributed by atoms with Crippen LogP contribution in [0.3, 0.4) is 0 Å². The number of nitrogens with one attached hydrogen (secondary N) is 1. The Morgan fingerprint density at radius 1 is 1.62 bits per heavy atom. The second-order valence-electron chi connectivity index (χ2n) is 2.93. The van der Waals surface area contributed by atoms with E-state index in [0.717, 1.165) is 16.7 Å². The molecule has 0 saturated heterocycles. The molecule has 0 spiro atoms. The third kappa shape index (κ3) is 2.75. The first-order valence-corrected chi connectivity index (χ1v) is 4.23. The van der Waals surface area contributed by atoms with E-state index in [4.69, 9.17) is 0 Å². The normalized spacial score (nSPS) is 12.3. The summed E-state index contributed by atoms with van der Waals surface area (Å²) in [5, 5.41) is 6.69. The lowest BCUT2D eigenvalue weighted by atomic mass is 10.1. The number of allylic oxidation sites excluding steroid dienone is 5. The number of nitrogens with zero attached hydrogens (tertiary/aromatic N) is 1. The zero-order chi connectivity index (χ0) is 9.68. The van der Waals surface area contributed by atoms with Gasteiger partial charge in [0.15, 0.2) is 0 Å². The molecule has 0 amide bonds. The van der Waals surface area contributed by atoms with Crippen LogP contribution in [0.2, 0.25) is 0 Å². The second kappa shape index (κ2) is 4.45. The number of rotatable bonds is 3. The lowest BCUT2D eigenvalue weighted by molar-refractivity contribution is 1.09. The van der Waals surface area contributed by atoms with Gasteiger partial charge in [-0.15, -0.1) is 0 Å². The summed E-state index contributed by atoms with van der Waals surface area (Å²) < 4.78 is 0. The zero-order valence-corrected chi connectivity index (χ0v) is 8.04. The predicted octanol–water partition coefficient (Wildman–Crippen LogP) is 2.95. The summed E-state index contributed by atoms with van der Waals surface area (Å²) in [5.74, 6) is 0. The van der Waals surface area contributed by atoms with Gasteiger partial charge in [-0.2, -0.15) is 5.10 Å². The Balaban J connectivity index is 3.00. The molecule has 0 unspecified atom stereocenters. The van der Waals surface area contributed by atoms with Crippen molar-refractivity contribution >= 4 is 5.57 Å². The summed E-state index contributed by atoms with van der Waals surface area (Å²) in [6.45, 7) is 7.81. The van der Waals surface area contributed by atoms with Gasteiger partial charge in [0.25, 0.3) is 0 Å². The Bertz CT molecular complexity index is 329. The van der Waals surface area contributed by atoms with E-state index in [-0.39, 0.29) is 0 Å². The van der Waals surface area contributed by atoms with E-state index < -0.39 is 0 Å². The highest BCUT2D eigenvalue weighted by Gasteiger charge is 1.97. The van der Waals surface area contributed by atoms with Gasteiger partial charge in [0.1, 0.15) is 0 Å². The smallest absolute Gasteiger partial charge is 0.0565 e. The number of hydrogen-bond donors (Lipinski definition) is 1. The molecule has 0 radical (unpaired) electrons. The summed E-state index contributed by atoms with van der Waals surface area (Å²) in [4.78, 5) is 0. The van der Waals surface area contributed by atoms with Crippen molar-refractivity contribution in [3.05, 3.63) is 48.3 Å². The van der Waals surface area contributed by atoms with Crippen molar-refractivity contribution in [2.45, 2.75) is 13.8 Å². The highest BCUT2D eigenvalue weighted by molar-refractivity contribution is 5.74. The lowest BCUT2D eigenvalue weighted by Gasteiger charge is -1.97. The molecule has 1 aromatic rings. The fourth-order valence-electron chi connectivity index (χ4n) is 1.08. The number of hydrogen-bond acceptors (Lipinski definition) is 1. The van der Waals surface area contributed by atoms with Gasteiger partial charge in [-0.25, -0.2) is 0 Å². The molecule has 0 aromatic carbocycles. The van der Waals surface area contributed by atoms with Crippen molar-refractivity contribution in [2.75, 3.05) is 0 Å². The first-order valence-electron chi connectivity index (χ1n) is 4.23. The Hall–Kier alpha value is -1.57. The molecule has 0 aliphatic carbocycles. The van der Waals surface area contributed by atoms with E-state index in [1.165, 1.54) is 0 Å². The Labute approximate surface area is 78.7 Å². The molecule has 0 atom stereocenters. The van der Waals surface area contributed by atoms with Gasteiger partial charge < -0.3 is 0 Å². The predicted molar refractivity (Wildman–Crippen MR) is 56.2 cm³/mol. The molecule has 0 bridgehead atoms. The molecule has 0 fully saturated rings. The van der Waals surface area contributed by atoms with E-state index in [1.54, 1.807) is 6.20 Å². The zero-order valence-electron chi connectivity index (χ0n) is 8.04. The van der Waals surface area contributed by atoms with Crippen molar-refractivity contribution in [3.63, 3.8) is 0 Å². The maximum Gasteiger partial charge on any atom is 0.0565 e. The molecule has 0 saturated carbocycles. The summed E-state index contributed by atoms with van der Waals surface area (Å²) in [6.07, 6.45) is 9.75. The highest BCUT2D eigenvalue weighted by atomic mass is 15.1. The molecule has 68 valence electrons. The van der Waals surface area contributed by atoms with Gasteiger partial charge in [-0.3, -0.25) is 5.10 Å². The average molecular weight is 174 g/mol. The Morgan fingerprint density at radius 2 is 2.38 bits per heavy atom. The van der Waals surface area contributed by atoms with Gasteiger partial charge in [-0.05, 0) is 19.4 Å². The summed E-state index contributed by atoms with van der Waals surface area (Å²) in [7, 11) is 0. The summed E-state index contributed by atoms with van der Waals surface area (Å²) >= 11 is 0. The average Bonchev–Trinajstić information content (AvgIpc) is 2.54. The fraction of sp³-hybridized carbons (Fsp3) is 0.182. The fourth-order valence-corrected chi connectivity index (χ4v) is 1.08. The van der Waals surface area contributed by atoms with E-state index in [9.17, 15) is 0 Å². The molecular formula is C11H14N2. The Kier molecular flexibility index (Phi) is 3.26. The molecule has 1 aromatic heterocycles. The molecule has 0 aliphatic rings. The molecule has 2 heteroatoms. The third-order valence-electron chi connectivity index (χ3n) is 1.58. The minimum Gasteiger partial charge on any atom is -0.285 e. The molecule has 2 nitrogen and oxygen atoms in total. The largest absolute Gasteiger partial charge is 0.285 e. The first kappa shape index (κ1) is 9.52. The van der Waals surface area contributed by atoms with Crippen molar-refractivity contribution < 1.29 is 0 Å². The van der Waals surface area contributed by atoms with E-state index in [2.05, 4.69) is 16.8 Å². The second-order valence-corrected chi connectivity index (χ2v) is 2.93. The van der Waals surface area contributed by atoms with Crippen molar-refractivity contribution in [3.8, 4) is 0 Å². The number of aromatic amines is 1. The van der Waals surface area contributed by atoms with E-state index >= 15 is 0 Å².